The van der Waals surface area contributed by atoms with Gasteiger partial charge in [0.2, 0.25) is 0 Å². The minimum Gasteiger partial charge on any atom is -0.406 e. The van der Waals surface area contributed by atoms with Gasteiger partial charge in [0, 0.05) is 73.9 Å². The van der Waals surface area contributed by atoms with Gasteiger partial charge in [-0.25, -0.2) is 0 Å². The van der Waals surface area contributed by atoms with Crippen LogP contribution < -0.4 is 10.5 Å². The fraction of sp³-hybridized carbons (Fsp3) is 0.475. The summed E-state index contributed by atoms with van der Waals surface area (Å²) in [4.78, 5) is 17.5. The molecule has 2 bridgehead atoms. The molecular formula is C40H44F6N4O2. The van der Waals surface area contributed by atoms with E-state index < -0.39 is 23.6 Å². The van der Waals surface area contributed by atoms with Crippen molar-refractivity contribution in [1.29, 1.82) is 0 Å². The summed E-state index contributed by atoms with van der Waals surface area (Å²) in [5.74, 6) is -0.151. The Kier molecular flexibility index (Phi) is 10.2. The lowest BCUT2D eigenvalue weighted by Crippen LogP contribution is -2.49. The van der Waals surface area contributed by atoms with Gasteiger partial charge in [0.25, 0.3) is 0 Å². The summed E-state index contributed by atoms with van der Waals surface area (Å²) in [7, 11) is 0. The first-order valence-corrected chi connectivity index (χ1v) is 18.2. The Morgan fingerprint density at radius 3 is 2.21 bits per heavy atom. The third-order valence-electron chi connectivity index (χ3n) is 11.2. The predicted molar refractivity (Wildman–Crippen MR) is 187 cm³/mol. The number of rotatable bonds is 12. The first kappa shape index (κ1) is 36.5. The smallest absolute Gasteiger partial charge is 0.406 e. The second-order valence-corrected chi connectivity index (χ2v) is 14.8. The highest BCUT2D eigenvalue weighted by molar-refractivity contribution is 5.96. The maximum Gasteiger partial charge on any atom is 0.573 e. The minimum absolute atomic E-state index is 0.140. The van der Waals surface area contributed by atoms with Crippen molar-refractivity contribution >= 4 is 16.7 Å². The molecule has 0 spiro atoms. The number of piperazine rings is 1. The lowest BCUT2D eigenvalue weighted by Gasteiger charge is -2.34. The lowest BCUT2D eigenvalue weighted by molar-refractivity contribution is -0.274. The summed E-state index contributed by atoms with van der Waals surface area (Å²) in [5, 5.41) is 0.968. The van der Waals surface area contributed by atoms with Gasteiger partial charge in [-0.1, -0.05) is 55.7 Å². The molecule has 3 aliphatic rings. The summed E-state index contributed by atoms with van der Waals surface area (Å²) in [6, 6.07) is 18.4. The highest BCUT2D eigenvalue weighted by Crippen LogP contribution is 2.38. The zero-order valence-corrected chi connectivity index (χ0v) is 29.0. The molecule has 4 aromatic rings. The number of unbranched alkanes of at least 4 members (excludes halogenated alkanes) is 1. The number of halogens is 6. The molecule has 3 aromatic carbocycles. The number of hydrogen-bond donors (Lipinski definition) is 1. The van der Waals surface area contributed by atoms with Crippen LogP contribution in [0.4, 0.5) is 26.3 Å². The molecule has 1 saturated carbocycles. The summed E-state index contributed by atoms with van der Waals surface area (Å²) in [6.07, 6.45) is 0.276. The average molecular weight is 727 g/mol. The third-order valence-corrected chi connectivity index (χ3v) is 11.2. The van der Waals surface area contributed by atoms with E-state index in [-0.39, 0.29) is 30.2 Å². The Bertz CT molecular complexity index is 1880. The number of aromatic nitrogens is 1. The number of carbonyl (C=O) groups excluding carboxylic acids is 1. The van der Waals surface area contributed by atoms with E-state index >= 15 is 0 Å². The molecule has 2 aliphatic heterocycles. The Morgan fingerprint density at radius 2 is 1.54 bits per heavy atom. The number of fused-ring (bicyclic) bond motifs is 3. The number of ketones is 1. The lowest BCUT2D eigenvalue weighted by atomic mass is 9.78. The zero-order chi connectivity index (χ0) is 36.7. The molecule has 6 nitrogen and oxygen atoms in total. The van der Waals surface area contributed by atoms with Gasteiger partial charge in [0.1, 0.15) is 5.75 Å². The molecular weight excluding hydrogens is 682 g/mol. The van der Waals surface area contributed by atoms with Crippen LogP contribution in [0.15, 0.2) is 72.9 Å². The standard InChI is InChI=1S/C40H44F6N4O2/c41-39(42,43)35-9-3-2-8-29(35)23-50-25-30-21-31(50)24-49(30)22-27-11-16-36-33(20-27)34(28-12-14-32(15-13-28)52-40(44,45)46)26-48(36)19-7-4-10-37(51)38(47)17-5-1-6-18-38/h2-3,8-9,11-16,20,26,30-31H,1,4-7,10,17-19,21-25,47H2. The summed E-state index contributed by atoms with van der Waals surface area (Å²) in [5.41, 5.74) is 9.19. The van der Waals surface area contributed by atoms with Crippen molar-refractivity contribution < 1.29 is 35.9 Å². The van der Waals surface area contributed by atoms with Crippen LogP contribution in [0.25, 0.3) is 22.0 Å². The molecule has 278 valence electrons. The number of alkyl halides is 6. The largest absolute Gasteiger partial charge is 0.573 e. The number of hydrogen-bond acceptors (Lipinski definition) is 5. The van der Waals surface area contributed by atoms with Crippen LogP contribution in [0.2, 0.25) is 0 Å². The van der Waals surface area contributed by atoms with Gasteiger partial charge >= 0.3 is 12.5 Å². The normalized spacial score (nSPS) is 20.9. The molecule has 2 atom stereocenters. The summed E-state index contributed by atoms with van der Waals surface area (Å²) in [6.45, 7) is 3.06. The van der Waals surface area contributed by atoms with Crippen molar-refractivity contribution in [2.45, 2.75) is 108 Å². The summed E-state index contributed by atoms with van der Waals surface area (Å²) >= 11 is 0. The third kappa shape index (κ3) is 8.04. The number of carbonyl (C=O) groups is 1. The molecule has 2 N–H and O–H groups in total. The Hall–Kier alpha value is -3.87. The van der Waals surface area contributed by atoms with Gasteiger partial charge in [-0.3, -0.25) is 14.6 Å². The molecule has 2 saturated heterocycles. The highest BCUT2D eigenvalue weighted by Gasteiger charge is 2.44. The molecule has 1 aromatic heterocycles. The SMILES string of the molecule is NC1(C(=O)CCCCn2cc(-c3ccc(OC(F)(F)F)cc3)c3cc(CN4CC5CC4CN5Cc4ccccc4C(F)(F)F)ccc32)CCCCC1. The molecule has 3 heterocycles. The van der Waals surface area contributed by atoms with Gasteiger partial charge in [-0.05, 0) is 79.1 Å². The fourth-order valence-corrected chi connectivity index (χ4v) is 8.58. The van der Waals surface area contributed by atoms with Crippen LogP contribution in [0.3, 0.4) is 0 Å². The number of benzene rings is 3. The van der Waals surface area contributed by atoms with E-state index in [4.69, 9.17) is 5.73 Å². The molecule has 3 fully saturated rings. The predicted octanol–water partition coefficient (Wildman–Crippen LogP) is 9.09. The Morgan fingerprint density at radius 1 is 0.846 bits per heavy atom. The first-order chi connectivity index (χ1) is 24.8. The molecule has 0 radical (unpaired) electrons. The van der Waals surface area contributed by atoms with Crippen LogP contribution in [-0.2, 0) is 30.6 Å². The molecule has 1 aliphatic carbocycles. The van der Waals surface area contributed by atoms with Gasteiger partial charge in [0.05, 0.1) is 11.1 Å². The number of likely N-dealkylation sites (tertiary alicyclic amines) is 2. The molecule has 0 amide bonds. The van der Waals surface area contributed by atoms with E-state index in [1.807, 2.05) is 6.20 Å². The topological polar surface area (TPSA) is 63.7 Å². The molecule has 12 heteroatoms. The second kappa shape index (κ2) is 14.5. The van der Waals surface area contributed by atoms with Crippen molar-refractivity contribution in [3.05, 3.63) is 89.6 Å². The highest BCUT2D eigenvalue weighted by atomic mass is 19.4. The van der Waals surface area contributed by atoms with E-state index in [9.17, 15) is 31.1 Å². The monoisotopic (exact) mass is 726 g/mol. The van der Waals surface area contributed by atoms with E-state index in [0.717, 1.165) is 85.2 Å². The molecule has 7 rings (SSSR count). The first-order valence-electron chi connectivity index (χ1n) is 18.2. The van der Waals surface area contributed by atoms with E-state index in [1.165, 1.54) is 18.2 Å². The van der Waals surface area contributed by atoms with E-state index in [2.05, 4.69) is 37.3 Å². The van der Waals surface area contributed by atoms with Crippen LogP contribution in [0.1, 0.15) is 74.5 Å². The minimum atomic E-state index is -4.78. The van der Waals surface area contributed by atoms with Crippen LogP contribution in [-0.4, -0.2) is 57.2 Å². The van der Waals surface area contributed by atoms with Crippen molar-refractivity contribution in [2.24, 2.45) is 5.73 Å². The van der Waals surface area contributed by atoms with E-state index in [1.54, 1.807) is 24.3 Å². The van der Waals surface area contributed by atoms with Gasteiger partial charge < -0.3 is 15.0 Å². The maximum absolute atomic E-state index is 13.6. The van der Waals surface area contributed by atoms with Gasteiger partial charge in [0.15, 0.2) is 5.78 Å². The average Bonchev–Trinajstić information content (AvgIpc) is 3.79. The zero-order valence-electron chi connectivity index (χ0n) is 29.0. The van der Waals surface area contributed by atoms with E-state index in [0.29, 0.717) is 38.0 Å². The quantitative estimate of drug-likeness (QED) is 0.117. The Balaban J connectivity index is 1.06. The number of nitrogens with two attached hydrogens (primary N) is 1. The summed E-state index contributed by atoms with van der Waals surface area (Å²) < 4.78 is 85.7. The van der Waals surface area contributed by atoms with Gasteiger partial charge in [-0.2, -0.15) is 13.2 Å². The van der Waals surface area contributed by atoms with Crippen molar-refractivity contribution in [3.8, 4) is 16.9 Å². The van der Waals surface area contributed by atoms with Crippen molar-refractivity contribution in [2.75, 3.05) is 13.1 Å². The van der Waals surface area contributed by atoms with Crippen molar-refractivity contribution in [3.63, 3.8) is 0 Å². The molecule has 52 heavy (non-hydrogen) atoms. The number of aryl methyl sites for hydroxylation is 1. The van der Waals surface area contributed by atoms with Crippen LogP contribution in [0, 0.1) is 0 Å². The number of nitrogens with zero attached hydrogens (tertiary/aromatic N) is 3. The van der Waals surface area contributed by atoms with Crippen molar-refractivity contribution in [1.82, 2.24) is 14.4 Å². The second-order valence-electron chi connectivity index (χ2n) is 14.8. The Labute approximate surface area is 299 Å². The maximum atomic E-state index is 13.6. The van der Waals surface area contributed by atoms with Crippen LogP contribution >= 0.6 is 0 Å². The van der Waals surface area contributed by atoms with Crippen LogP contribution in [0.5, 0.6) is 5.75 Å². The van der Waals surface area contributed by atoms with Gasteiger partial charge in [-0.15, -0.1) is 13.2 Å². The fourth-order valence-electron chi connectivity index (χ4n) is 8.58. The molecule has 2 unspecified atom stereocenters. The number of Topliss-reactive ketones (excluding diaryl/α,β-unsaturated/α-hetero) is 1. The number of ether oxygens (including phenoxy) is 1.